The van der Waals surface area contributed by atoms with Gasteiger partial charge in [0.1, 0.15) is 5.75 Å². The Labute approximate surface area is 112 Å². The second-order valence-corrected chi connectivity index (χ2v) is 3.60. The van der Waals surface area contributed by atoms with Crippen LogP contribution >= 0.6 is 29.6 Å². The van der Waals surface area contributed by atoms with Crippen LogP contribution in [-0.4, -0.2) is 18.8 Å². The van der Waals surface area contributed by atoms with E-state index in [0.717, 1.165) is 24.4 Å². The average molecular weight is 305 g/mol. The topological polar surface area (TPSA) is 36.3 Å². The molecule has 0 aliphatic rings. The Morgan fingerprint density at radius 1 is 1.38 bits per heavy atom. The lowest BCUT2D eigenvalue weighted by Crippen LogP contribution is -2.26. The van der Waals surface area contributed by atoms with Crippen molar-refractivity contribution in [1.29, 1.82) is 5.41 Å². The van der Waals surface area contributed by atoms with Gasteiger partial charge in [0.05, 0.1) is 7.11 Å². The lowest BCUT2D eigenvalue weighted by Gasteiger charge is -2.21. The van der Waals surface area contributed by atoms with Gasteiger partial charge in [-0.2, -0.15) is 0 Å². The standard InChI is InChI=1S/C11H16N2OS.BrH/c1-3-8-13(11(12)15)9-4-6-10(14-2)7-5-9;/h4-7H,3,8H2,1-2H3,(H2,12,15);1H. The summed E-state index contributed by atoms with van der Waals surface area (Å²) in [6, 6.07) is 7.63. The van der Waals surface area contributed by atoms with E-state index >= 15 is 0 Å². The van der Waals surface area contributed by atoms with Crippen molar-refractivity contribution in [1.82, 2.24) is 0 Å². The number of thiol groups is 1. The average Bonchev–Trinajstić information content (AvgIpc) is 2.26. The van der Waals surface area contributed by atoms with Crippen molar-refractivity contribution in [3.8, 4) is 5.75 Å². The lowest BCUT2D eigenvalue weighted by atomic mass is 10.2. The van der Waals surface area contributed by atoms with E-state index in [-0.39, 0.29) is 22.1 Å². The Hall–Kier alpha value is -0.680. The maximum atomic E-state index is 7.55. The summed E-state index contributed by atoms with van der Waals surface area (Å²) >= 11 is 4.07. The number of hydrogen-bond donors (Lipinski definition) is 2. The second-order valence-electron chi connectivity index (χ2n) is 3.17. The van der Waals surface area contributed by atoms with Crippen LogP contribution in [0.25, 0.3) is 0 Å². The molecule has 0 bridgehead atoms. The maximum absolute atomic E-state index is 7.55. The largest absolute Gasteiger partial charge is 0.497 e. The van der Waals surface area contributed by atoms with Crippen LogP contribution in [0.1, 0.15) is 13.3 Å². The highest BCUT2D eigenvalue weighted by Crippen LogP contribution is 2.20. The molecule has 1 aromatic rings. The minimum Gasteiger partial charge on any atom is -0.497 e. The predicted octanol–water partition coefficient (Wildman–Crippen LogP) is 3.35. The van der Waals surface area contributed by atoms with Crippen molar-refractivity contribution in [3.05, 3.63) is 24.3 Å². The third-order valence-electron chi connectivity index (χ3n) is 2.09. The summed E-state index contributed by atoms with van der Waals surface area (Å²) in [7, 11) is 1.64. The number of nitrogens with zero attached hydrogens (tertiary/aromatic N) is 1. The highest BCUT2D eigenvalue weighted by atomic mass is 79.9. The summed E-state index contributed by atoms with van der Waals surface area (Å²) in [5.74, 6) is 0.820. The molecule has 0 unspecified atom stereocenters. The molecule has 0 saturated heterocycles. The van der Waals surface area contributed by atoms with Crippen LogP contribution in [0, 0.1) is 5.41 Å². The number of rotatable bonds is 4. The number of amidine groups is 1. The van der Waals surface area contributed by atoms with Crippen molar-refractivity contribution in [2.75, 3.05) is 18.6 Å². The number of methoxy groups -OCH3 is 1. The first-order valence-corrected chi connectivity index (χ1v) is 5.33. The van der Waals surface area contributed by atoms with Gasteiger partial charge in [0.25, 0.3) is 0 Å². The molecule has 1 aromatic carbocycles. The van der Waals surface area contributed by atoms with E-state index < -0.39 is 0 Å². The van der Waals surface area contributed by atoms with Gasteiger partial charge in [-0.3, -0.25) is 5.41 Å². The van der Waals surface area contributed by atoms with Crippen LogP contribution in [0.4, 0.5) is 5.69 Å². The third kappa shape index (κ3) is 4.06. The molecule has 0 radical (unpaired) electrons. The first kappa shape index (κ1) is 15.3. The van der Waals surface area contributed by atoms with E-state index in [4.69, 9.17) is 10.1 Å². The molecule has 0 atom stereocenters. The van der Waals surface area contributed by atoms with Crippen LogP contribution < -0.4 is 9.64 Å². The monoisotopic (exact) mass is 304 g/mol. The molecule has 0 spiro atoms. The summed E-state index contributed by atoms with van der Waals surface area (Å²) in [4.78, 5) is 1.85. The van der Waals surface area contributed by atoms with E-state index in [1.165, 1.54) is 0 Å². The molecule has 1 rings (SSSR count). The highest BCUT2D eigenvalue weighted by molar-refractivity contribution is 8.93. The van der Waals surface area contributed by atoms with Crippen LogP contribution in [0.3, 0.4) is 0 Å². The molecule has 0 aliphatic carbocycles. The summed E-state index contributed by atoms with van der Waals surface area (Å²) < 4.78 is 5.08. The van der Waals surface area contributed by atoms with Crippen molar-refractivity contribution < 1.29 is 4.74 Å². The highest BCUT2D eigenvalue weighted by Gasteiger charge is 2.07. The van der Waals surface area contributed by atoms with Gasteiger partial charge in [0.15, 0.2) is 5.17 Å². The van der Waals surface area contributed by atoms with Gasteiger partial charge in [-0.05, 0) is 30.7 Å². The summed E-state index contributed by atoms with van der Waals surface area (Å²) in [5, 5.41) is 7.82. The summed E-state index contributed by atoms with van der Waals surface area (Å²) in [6.07, 6.45) is 0.981. The number of nitrogens with one attached hydrogen (secondary N) is 1. The molecular weight excluding hydrogens is 288 g/mol. The van der Waals surface area contributed by atoms with Gasteiger partial charge in [0, 0.05) is 12.2 Å². The fourth-order valence-electron chi connectivity index (χ4n) is 1.34. The zero-order valence-electron chi connectivity index (χ0n) is 9.43. The molecule has 0 heterocycles. The quantitative estimate of drug-likeness (QED) is 0.508. The maximum Gasteiger partial charge on any atom is 0.157 e. The van der Waals surface area contributed by atoms with Crippen LogP contribution in [0.2, 0.25) is 0 Å². The Balaban J connectivity index is 0.00000225. The number of anilines is 1. The van der Waals surface area contributed by atoms with Gasteiger partial charge < -0.3 is 9.64 Å². The second kappa shape index (κ2) is 7.57. The fourth-order valence-corrected chi connectivity index (χ4v) is 1.56. The van der Waals surface area contributed by atoms with Crippen molar-refractivity contribution >= 4 is 40.5 Å². The van der Waals surface area contributed by atoms with E-state index in [9.17, 15) is 0 Å². The van der Waals surface area contributed by atoms with Gasteiger partial charge in [-0.15, -0.1) is 29.6 Å². The fraction of sp³-hybridized carbons (Fsp3) is 0.364. The Bertz CT molecular complexity index is 329. The molecule has 0 amide bonds. The first-order valence-electron chi connectivity index (χ1n) is 4.88. The molecule has 0 aliphatic heterocycles. The van der Waals surface area contributed by atoms with E-state index in [0.29, 0.717) is 0 Å². The van der Waals surface area contributed by atoms with E-state index in [1.807, 2.05) is 29.2 Å². The zero-order valence-corrected chi connectivity index (χ0v) is 12.0. The third-order valence-corrected chi connectivity index (χ3v) is 2.33. The van der Waals surface area contributed by atoms with Crippen molar-refractivity contribution in [3.63, 3.8) is 0 Å². The van der Waals surface area contributed by atoms with Crippen molar-refractivity contribution in [2.24, 2.45) is 0 Å². The molecule has 3 nitrogen and oxygen atoms in total. The van der Waals surface area contributed by atoms with E-state index in [1.54, 1.807) is 7.11 Å². The molecule has 16 heavy (non-hydrogen) atoms. The lowest BCUT2D eigenvalue weighted by molar-refractivity contribution is 0.415. The number of hydrogen-bond acceptors (Lipinski definition) is 2. The van der Waals surface area contributed by atoms with Crippen molar-refractivity contribution in [2.45, 2.75) is 13.3 Å². The predicted molar refractivity (Wildman–Crippen MR) is 77.7 cm³/mol. The molecule has 90 valence electrons. The Kier molecular flexibility index (Phi) is 7.25. The molecule has 5 heteroatoms. The summed E-state index contributed by atoms with van der Waals surface area (Å²) in [6.45, 7) is 2.88. The number of ether oxygens (including phenoxy) is 1. The van der Waals surface area contributed by atoms with E-state index in [2.05, 4.69) is 19.6 Å². The Morgan fingerprint density at radius 3 is 2.31 bits per heavy atom. The molecule has 0 saturated carbocycles. The zero-order chi connectivity index (χ0) is 11.3. The molecule has 1 N–H and O–H groups in total. The van der Waals surface area contributed by atoms with Gasteiger partial charge >= 0.3 is 0 Å². The number of halogens is 1. The number of benzene rings is 1. The van der Waals surface area contributed by atoms with Gasteiger partial charge in [-0.25, -0.2) is 0 Å². The molecule has 0 fully saturated rings. The van der Waals surface area contributed by atoms with Crippen LogP contribution in [0.5, 0.6) is 5.75 Å². The summed E-state index contributed by atoms with van der Waals surface area (Å²) in [5.41, 5.74) is 0.970. The molecular formula is C11H17BrN2OS. The van der Waals surface area contributed by atoms with Gasteiger partial charge in [-0.1, -0.05) is 6.92 Å². The first-order chi connectivity index (χ1) is 7.19. The van der Waals surface area contributed by atoms with Gasteiger partial charge in [0.2, 0.25) is 0 Å². The SMILES string of the molecule is Br.CCCN(C(=N)S)c1ccc(OC)cc1. The normalized spacial score (nSPS) is 9.19. The van der Waals surface area contributed by atoms with Crippen LogP contribution in [-0.2, 0) is 0 Å². The Morgan fingerprint density at radius 2 is 1.94 bits per heavy atom. The minimum atomic E-state index is 0. The van der Waals surface area contributed by atoms with Crippen LogP contribution in [0.15, 0.2) is 24.3 Å². The minimum absolute atomic E-state index is 0. The smallest absolute Gasteiger partial charge is 0.157 e. The molecule has 0 aromatic heterocycles.